The zero-order valence-corrected chi connectivity index (χ0v) is 13.5. The number of aromatic nitrogens is 2. The molecule has 116 valence electrons. The molecule has 1 N–H and O–H groups in total. The molecule has 1 heterocycles. The normalized spacial score (nSPS) is 13.7. The molecule has 1 aliphatic carbocycles. The molecule has 0 saturated heterocycles. The molecule has 3 rings (SSSR count). The fraction of sp³-hybridized carbons (Fsp3) is 0.412. The lowest BCUT2D eigenvalue weighted by Crippen LogP contribution is -2.19. The molecule has 5 heteroatoms. The smallest absolute Gasteiger partial charge is 0.141 e. The first-order valence-corrected chi connectivity index (χ1v) is 8.03. The molecule has 0 bridgehead atoms. The minimum atomic E-state index is 0.0898. The predicted octanol–water partition coefficient (Wildman–Crippen LogP) is 3.16. The zero-order chi connectivity index (χ0) is 15.5. The quantitative estimate of drug-likeness (QED) is 0.880. The van der Waals surface area contributed by atoms with Crippen molar-refractivity contribution < 1.29 is 9.84 Å². The number of ether oxygens (including phenoxy) is 1. The van der Waals surface area contributed by atoms with E-state index in [9.17, 15) is 5.11 Å². The summed E-state index contributed by atoms with van der Waals surface area (Å²) in [6.45, 7) is 0.629. The SMILES string of the molecule is COc1cccc(-c2nc(=S)c3c(n2CCO)CCCC3)c1. The van der Waals surface area contributed by atoms with Gasteiger partial charge in [0.2, 0.25) is 0 Å². The summed E-state index contributed by atoms with van der Waals surface area (Å²) >= 11 is 5.51. The number of rotatable bonds is 4. The van der Waals surface area contributed by atoms with Crippen LogP contribution in [-0.2, 0) is 19.4 Å². The van der Waals surface area contributed by atoms with Crippen LogP contribution in [0.2, 0.25) is 0 Å². The molecule has 0 radical (unpaired) electrons. The van der Waals surface area contributed by atoms with Crippen LogP contribution in [0.3, 0.4) is 0 Å². The van der Waals surface area contributed by atoms with Gasteiger partial charge in [0.25, 0.3) is 0 Å². The molecule has 0 unspecified atom stereocenters. The van der Waals surface area contributed by atoms with Crippen molar-refractivity contribution in [3.63, 3.8) is 0 Å². The van der Waals surface area contributed by atoms with E-state index >= 15 is 0 Å². The summed E-state index contributed by atoms with van der Waals surface area (Å²) in [6, 6.07) is 7.82. The lowest BCUT2D eigenvalue weighted by atomic mass is 9.96. The van der Waals surface area contributed by atoms with Crippen LogP contribution in [0.1, 0.15) is 24.1 Å². The topological polar surface area (TPSA) is 47.3 Å². The highest BCUT2D eigenvalue weighted by Gasteiger charge is 2.19. The van der Waals surface area contributed by atoms with E-state index in [4.69, 9.17) is 17.0 Å². The van der Waals surface area contributed by atoms with Gasteiger partial charge < -0.3 is 14.4 Å². The van der Waals surface area contributed by atoms with Crippen LogP contribution in [0.5, 0.6) is 5.75 Å². The van der Waals surface area contributed by atoms with Crippen molar-refractivity contribution in [3.05, 3.63) is 40.2 Å². The van der Waals surface area contributed by atoms with E-state index in [1.54, 1.807) is 7.11 Å². The molecule has 0 aliphatic heterocycles. The second kappa shape index (κ2) is 6.58. The Kier molecular flexibility index (Phi) is 4.55. The molecule has 1 aliphatic rings. The van der Waals surface area contributed by atoms with Gasteiger partial charge in [-0.3, -0.25) is 0 Å². The number of aliphatic hydroxyl groups is 1. The van der Waals surface area contributed by atoms with Crippen LogP contribution >= 0.6 is 12.2 Å². The summed E-state index contributed by atoms with van der Waals surface area (Å²) < 4.78 is 8.13. The largest absolute Gasteiger partial charge is 0.497 e. The average molecular weight is 316 g/mol. The zero-order valence-electron chi connectivity index (χ0n) is 12.7. The van der Waals surface area contributed by atoms with Gasteiger partial charge in [-0.25, -0.2) is 4.98 Å². The lowest BCUT2D eigenvalue weighted by molar-refractivity contribution is 0.273. The number of methoxy groups -OCH3 is 1. The Hall–Kier alpha value is -1.72. The third kappa shape index (κ3) is 2.78. The molecule has 1 aromatic heterocycles. The van der Waals surface area contributed by atoms with Crippen molar-refractivity contribution in [2.45, 2.75) is 32.2 Å². The maximum Gasteiger partial charge on any atom is 0.141 e. The molecule has 2 aromatic rings. The highest BCUT2D eigenvalue weighted by Crippen LogP contribution is 2.28. The number of aliphatic hydroxyl groups excluding tert-OH is 1. The summed E-state index contributed by atoms with van der Waals surface area (Å²) in [5, 5.41) is 9.46. The van der Waals surface area contributed by atoms with Crippen molar-refractivity contribution in [2.24, 2.45) is 0 Å². The van der Waals surface area contributed by atoms with Gasteiger partial charge >= 0.3 is 0 Å². The van der Waals surface area contributed by atoms with E-state index in [2.05, 4.69) is 9.55 Å². The van der Waals surface area contributed by atoms with Crippen LogP contribution in [0.25, 0.3) is 11.4 Å². The number of fused-ring (bicyclic) bond motifs is 1. The molecule has 4 nitrogen and oxygen atoms in total. The van der Waals surface area contributed by atoms with Gasteiger partial charge in [0.15, 0.2) is 0 Å². The fourth-order valence-corrected chi connectivity index (χ4v) is 3.40. The molecular weight excluding hydrogens is 296 g/mol. The maximum atomic E-state index is 9.46. The molecule has 0 atom stereocenters. The predicted molar refractivity (Wildman–Crippen MR) is 88.8 cm³/mol. The van der Waals surface area contributed by atoms with Crippen LogP contribution in [0.15, 0.2) is 24.3 Å². The Balaban J connectivity index is 2.21. The van der Waals surface area contributed by atoms with Crippen LogP contribution < -0.4 is 4.74 Å². The number of hydrogen-bond donors (Lipinski definition) is 1. The number of nitrogens with zero attached hydrogens (tertiary/aromatic N) is 2. The molecular formula is C17H20N2O2S. The first kappa shape index (κ1) is 15.2. The van der Waals surface area contributed by atoms with E-state index in [0.29, 0.717) is 11.2 Å². The molecule has 1 aromatic carbocycles. The van der Waals surface area contributed by atoms with Crippen molar-refractivity contribution in [1.82, 2.24) is 9.55 Å². The van der Waals surface area contributed by atoms with Crippen LogP contribution in [0, 0.1) is 4.64 Å². The van der Waals surface area contributed by atoms with Crippen LogP contribution in [-0.4, -0.2) is 28.4 Å². The Labute approximate surface area is 135 Å². The fourth-order valence-electron chi connectivity index (χ4n) is 3.09. The maximum absolute atomic E-state index is 9.46. The summed E-state index contributed by atoms with van der Waals surface area (Å²) in [4.78, 5) is 4.66. The van der Waals surface area contributed by atoms with Gasteiger partial charge in [0.1, 0.15) is 16.2 Å². The van der Waals surface area contributed by atoms with E-state index in [1.165, 1.54) is 11.3 Å². The summed E-state index contributed by atoms with van der Waals surface area (Å²) in [5.41, 5.74) is 3.38. The second-order valence-corrected chi connectivity index (χ2v) is 5.87. The first-order valence-electron chi connectivity index (χ1n) is 7.62. The van der Waals surface area contributed by atoms with Gasteiger partial charge in [-0.05, 0) is 37.8 Å². The number of hydrogen-bond acceptors (Lipinski definition) is 4. The van der Waals surface area contributed by atoms with Gasteiger partial charge in [0, 0.05) is 23.4 Å². The van der Waals surface area contributed by atoms with E-state index < -0.39 is 0 Å². The van der Waals surface area contributed by atoms with Crippen molar-refractivity contribution in [3.8, 4) is 17.1 Å². The monoisotopic (exact) mass is 316 g/mol. The van der Waals surface area contributed by atoms with Gasteiger partial charge in [-0.1, -0.05) is 24.4 Å². The van der Waals surface area contributed by atoms with E-state index in [1.807, 2.05) is 24.3 Å². The summed E-state index contributed by atoms with van der Waals surface area (Å²) in [7, 11) is 1.65. The van der Waals surface area contributed by atoms with Gasteiger partial charge in [0.05, 0.1) is 13.7 Å². The molecule has 0 saturated carbocycles. The Bertz CT molecular complexity index is 740. The third-order valence-electron chi connectivity index (χ3n) is 4.14. The Morgan fingerprint density at radius 2 is 2.14 bits per heavy atom. The van der Waals surface area contributed by atoms with Crippen molar-refractivity contribution in [1.29, 1.82) is 0 Å². The Morgan fingerprint density at radius 3 is 2.91 bits per heavy atom. The summed E-state index contributed by atoms with van der Waals surface area (Å²) in [6.07, 6.45) is 4.31. The molecule has 0 amide bonds. The molecule has 0 fully saturated rings. The van der Waals surface area contributed by atoms with E-state index in [-0.39, 0.29) is 6.61 Å². The highest BCUT2D eigenvalue weighted by molar-refractivity contribution is 7.71. The second-order valence-electron chi connectivity index (χ2n) is 5.48. The third-order valence-corrected chi connectivity index (χ3v) is 4.48. The van der Waals surface area contributed by atoms with Gasteiger partial charge in [-0.15, -0.1) is 0 Å². The first-order chi connectivity index (χ1) is 10.7. The Morgan fingerprint density at radius 1 is 1.32 bits per heavy atom. The van der Waals surface area contributed by atoms with Crippen molar-refractivity contribution >= 4 is 12.2 Å². The minimum absolute atomic E-state index is 0.0898. The van der Waals surface area contributed by atoms with Crippen LogP contribution in [0.4, 0.5) is 0 Å². The summed E-state index contributed by atoms with van der Waals surface area (Å²) in [5.74, 6) is 1.61. The van der Waals surface area contributed by atoms with E-state index in [0.717, 1.165) is 42.8 Å². The van der Waals surface area contributed by atoms with Gasteiger partial charge in [-0.2, -0.15) is 0 Å². The van der Waals surface area contributed by atoms with Crippen molar-refractivity contribution in [2.75, 3.05) is 13.7 Å². The minimum Gasteiger partial charge on any atom is -0.497 e. The lowest BCUT2D eigenvalue weighted by Gasteiger charge is -2.24. The highest BCUT2D eigenvalue weighted by atomic mass is 32.1. The standard InChI is InChI=1S/C17H20N2O2S/c1-21-13-6-4-5-12(11-13)16-18-17(22)14-7-2-3-8-15(14)19(16)9-10-20/h4-6,11,20H,2-3,7-10H2,1H3. The molecule has 22 heavy (non-hydrogen) atoms. The molecule has 0 spiro atoms. The average Bonchev–Trinajstić information content (AvgIpc) is 2.57. The number of benzene rings is 1.